The molecule has 0 saturated heterocycles. The first-order chi connectivity index (χ1) is 24.0. The highest BCUT2D eigenvalue weighted by Crippen LogP contribution is 2.51. The van der Waals surface area contributed by atoms with Crippen molar-refractivity contribution in [1.82, 2.24) is 0 Å². The van der Waals surface area contributed by atoms with Crippen molar-refractivity contribution in [2.45, 2.75) is 19.3 Å². The third-order valence-corrected chi connectivity index (χ3v) is 11.0. The maximum absolute atomic E-state index is 2.46. The van der Waals surface area contributed by atoms with E-state index in [4.69, 9.17) is 0 Å². The Hall–Kier alpha value is -5.98. The second-order valence-electron chi connectivity index (χ2n) is 14.2. The SMILES string of the molecule is CC1(C)c2cc3ccccc3cc2-c2cc3ccc(-c4cc(-c5ccc6ccc(-c7ccccc7)cc6c5)cc5ccccc45)cc3cc21. The van der Waals surface area contributed by atoms with Crippen LogP contribution in [-0.4, -0.2) is 0 Å². The lowest BCUT2D eigenvalue weighted by atomic mass is 9.81. The molecule has 0 spiro atoms. The summed E-state index contributed by atoms with van der Waals surface area (Å²) in [4.78, 5) is 0. The fraction of sp³-hybridized carbons (Fsp3) is 0.0612. The van der Waals surface area contributed by atoms with Crippen LogP contribution >= 0.6 is 0 Å². The Bertz CT molecular complexity index is 2780. The van der Waals surface area contributed by atoms with Gasteiger partial charge in [-0.2, -0.15) is 0 Å². The molecule has 1 aliphatic rings. The normalized spacial score (nSPS) is 13.3. The highest BCUT2D eigenvalue weighted by Gasteiger charge is 2.36. The molecule has 9 aromatic rings. The molecule has 0 radical (unpaired) electrons. The van der Waals surface area contributed by atoms with E-state index in [2.05, 4.69) is 184 Å². The van der Waals surface area contributed by atoms with E-state index in [-0.39, 0.29) is 5.41 Å². The Morgan fingerprint density at radius 1 is 0.286 bits per heavy atom. The zero-order valence-corrected chi connectivity index (χ0v) is 27.7. The molecule has 1 aliphatic carbocycles. The van der Waals surface area contributed by atoms with Crippen LogP contribution < -0.4 is 0 Å². The Balaban J connectivity index is 1.11. The molecule has 0 bridgehead atoms. The van der Waals surface area contributed by atoms with Crippen molar-refractivity contribution in [3.05, 3.63) is 181 Å². The first-order valence-corrected chi connectivity index (χ1v) is 17.2. The van der Waals surface area contributed by atoms with Gasteiger partial charge < -0.3 is 0 Å². The lowest BCUT2D eigenvalue weighted by Gasteiger charge is -2.22. The predicted octanol–water partition coefficient (Wildman–Crippen LogP) is 13.6. The third-order valence-electron chi connectivity index (χ3n) is 11.0. The van der Waals surface area contributed by atoms with E-state index < -0.39 is 0 Å². The summed E-state index contributed by atoms with van der Waals surface area (Å²) >= 11 is 0. The summed E-state index contributed by atoms with van der Waals surface area (Å²) in [6.07, 6.45) is 0. The summed E-state index contributed by atoms with van der Waals surface area (Å²) in [5.41, 5.74) is 13.0. The van der Waals surface area contributed by atoms with Gasteiger partial charge in [-0.05, 0) is 153 Å². The molecule has 0 atom stereocenters. The van der Waals surface area contributed by atoms with E-state index in [1.54, 1.807) is 0 Å². The average Bonchev–Trinajstić information content (AvgIpc) is 3.36. The van der Waals surface area contributed by atoms with Crippen LogP contribution in [0.5, 0.6) is 0 Å². The van der Waals surface area contributed by atoms with Crippen molar-refractivity contribution >= 4 is 43.1 Å². The molecule has 0 heterocycles. The summed E-state index contributed by atoms with van der Waals surface area (Å²) in [6, 6.07) is 63.3. The van der Waals surface area contributed by atoms with Gasteiger partial charge in [-0.15, -0.1) is 0 Å². The minimum atomic E-state index is -0.0675. The van der Waals surface area contributed by atoms with Gasteiger partial charge in [0.2, 0.25) is 0 Å². The molecule has 49 heavy (non-hydrogen) atoms. The molecular weight excluding hydrogens is 589 g/mol. The molecule has 0 amide bonds. The fourth-order valence-corrected chi connectivity index (χ4v) is 8.28. The van der Waals surface area contributed by atoms with E-state index >= 15 is 0 Å². The monoisotopic (exact) mass is 622 g/mol. The molecule has 0 heteroatoms. The molecule has 0 nitrogen and oxygen atoms in total. The van der Waals surface area contributed by atoms with E-state index in [0.29, 0.717) is 0 Å². The third kappa shape index (κ3) is 4.45. The predicted molar refractivity (Wildman–Crippen MR) is 210 cm³/mol. The molecule has 230 valence electrons. The average molecular weight is 623 g/mol. The molecule has 0 fully saturated rings. The van der Waals surface area contributed by atoms with Crippen molar-refractivity contribution in [3.8, 4) is 44.5 Å². The van der Waals surface area contributed by atoms with Crippen molar-refractivity contribution < 1.29 is 0 Å². The van der Waals surface area contributed by atoms with Crippen molar-refractivity contribution in [3.63, 3.8) is 0 Å². The summed E-state index contributed by atoms with van der Waals surface area (Å²) in [5.74, 6) is 0. The second kappa shape index (κ2) is 10.5. The van der Waals surface area contributed by atoms with Crippen molar-refractivity contribution in [2.75, 3.05) is 0 Å². The molecule has 0 saturated carbocycles. The van der Waals surface area contributed by atoms with Gasteiger partial charge in [0.15, 0.2) is 0 Å². The highest BCUT2D eigenvalue weighted by molar-refractivity contribution is 6.04. The summed E-state index contributed by atoms with van der Waals surface area (Å²) in [7, 11) is 0. The lowest BCUT2D eigenvalue weighted by molar-refractivity contribution is 0.662. The zero-order valence-electron chi connectivity index (χ0n) is 27.7. The molecule has 0 unspecified atom stereocenters. The topological polar surface area (TPSA) is 0 Å². The summed E-state index contributed by atoms with van der Waals surface area (Å²) in [6.45, 7) is 4.76. The van der Waals surface area contributed by atoms with Crippen LogP contribution in [0.3, 0.4) is 0 Å². The van der Waals surface area contributed by atoms with Gasteiger partial charge in [0, 0.05) is 5.41 Å². The Labute approximate surface area is 286 Å². The van der Waals surface area contributed by atoms with E-state index in [1.165, 1.54) is 98.7 Å². The van der Waals surface area contributed by atoms with Crippen LogP contribution in [0, 0.1) is 0 Å². The maximum Gasteiger partial charge on any atom is 0.0159 e. The van der Waals surface area contributed by atoms with E-state index in [1.807, 2.05) is 0 Å². The number of benzene rings is 9. The number of hydrogen-bond acceptors (Lipinski definition) is 0. The number of hydrogen-bond donors (Lipinski definition) is 0. The minimum Gasteiger partial charge on any atom is -0.0622 e. The molecule has 9 aromatic carbocycles. The largest absolute Gasteiger partial charge is 0.0622 e. The van der Waals surface area contributed by atoms with Gasteiger partial charge in [0.25, 0.3) is 0 Å². The van der Waals surface area contributed by atoms with Gasteiger partial charge in [0.05, 0.1) is 0 Å². The second-order valence-corrected chi connectivity index (χ2v) is 14.2. The van der Waals surface area contributed by atoms with Gasteiger partial charge in [-0.25, -0.2) is 0 Å². The lowest BCUT2D eigenvalue weighted by Crippen LogP contribution is -2.14. The van der Waals surface area contributed by atoms with Crippen molar-refractivity contribution in [1.29, 1.82) is 0 Å². The fourth-order valence-electron chi connectivity index (χ4n) is 8.28. The molecule has 0 aliphatic heterocycles. The van der Waals surface area contributed by atoms with Crippen LogP contribution in [0.4, 0.5) is 0 Å². The van der Waals surface area contributed by atoms with Crippen LogP contribution in [0.25, 0.3) is 87.6 Å². The molecule has 0 N–H and O–H groups in total. The molecule has 10 rings (SSSR count). The molecule has 0 aromatic heterocycles. The maximum atomic E-state index is 2.46. The van der Waals surface area contributed by atoms with Gasteiger partial charge in [-0.3, -0.25) is 0 Å². The van der Waals surface area contributed by atoms with E-state index in [0.717, 1.165) is 0 Å². The van der Waals surface area contributed by atoms with Crippen LogP contribution in [0.15, 0.2) is 170 Å². The standard InChI is InChI=1S/C49H34/c1-49(2)47-29-34-13-7-6-12-33(34)26-45(47)46-27-37-20-21-39(25-42(37)30-48(46)49)44-28-41(24-38-14-8-9-15-43(38)44)36-19-17-32-16-18-35(22-40(32)23-36)31-10-4-3-5-11-31/h3-30H,1-2H3. The molecular formula is C49H34. The summed E-state index contributed by atoms with van der Waals surface area (Å²) < 4.78 is 0. The Morgan fingerprint density at radius 3 is 1.51 bits per heavy atom. The Morgan fingerprint density at radius 2 is 0.776 bits per heavy atom. The zero-order chi connectivity index (χ0) is 32.7. The first kappa shape index (κ1) is 28.1. The van der Waals surface area contributed by atoms with Gasteiger partial charge in [-0.1, -0.05) is 129 Å². The van der Waals surface area contributed by atoms with Crippen LogP contribution in [-0.2, 0) is 5.41 Å². The first-order valence-electron chi connectivity index (χ1n) is 17.2. The van der Waals surface area contributed by atoms with Gasteiger partial charge in [0.1, 0.15) is 0 Å². The number of rotatable bonds is 3. The Kier molecular flexibility index (Phi) is 6.02. The van der Waals surface area contributed by atoms with Gasteiger partial charge >= 0.3 is 0 Å². The quantitative estimate of drug-likeness (QED) is 0.184. The van der Waals surface area contributed by atoms with Crippen LogP contribution in [0.2, 0.25) is 0 Å². The van der Waals surface area contributed by atoms with E-state index in [9.17, 15) is 0 Å². The van der Waals surface area contributed by atoms with Crippen molar-refractivity contribution in [2.24, 2.45) is 0 Å². The summed E-state index contributed by atoms with van der Waals surface area (Å²) in [5, 5.41) is 10.2. The minimum absolute atomic E-state index is 0.0675. The smallest absolute Gasteiger partial charge is 0.0159 e. The highest BCUT2D eigenvalue weighted by atomic mass is 14.4. The number of fused-ring (bicyclic) bond motifs is 7. The van der Waals surface area contributed by atoms with Crippen LogP contribution in [0.1, 0.15) is 25.0 Å².